The van der Waals surface area contributed by atoms with Gasteiger partial charge in [-0.1, -0.05) is 66.2 Å². The highest BCUT2D eigenvalue weighted by atomic mass is 35.5. The van der Waals surface area contributed by atoms with E-state index in [0.29, 0.717) is 0 Å². The molecule has 0 atom stereocenters. The minimum absolute atomic E-state index is 0.722. The summed E-state index contributed by atoms with van der Waals surface area (Å²) in [6.45, 7) is 0. The SMILES string of the molecule is Clc1ccccc1Nc1ccc(-c2ccccc2)cc1. The molecule has 0 bridgehead atoms. The van der Waals surface area contributed by atoms with Gasteiger partial charge in [0.05, 0.1) is 10.7 Å². The Morgan fingerprint density at radius 1 is 0.600 bits per heavy atom. The van der Waals surface area contributed by atoms with Gasteiger partial charge in [0.2, 0.25) is 0 Å². The van der Waals surface area contributed by atoms with Crippen LogP contribution in [0.5, 0.6) is 0 Å². The normalized spacial score (nSPS) is 10.2. The Bertz CT molecular complexity index is 690. The van der Waals surface area contributed by atoms with E-state index in [0.717, 1.165) is 16.4 Å². The number of nitrogens with one attached hydrogen (secondary N) is 1. The van der Waals surface area contributed by atoms with E-state index in [-0.39, 0.29) is 0 Å². The van der Waals surface area contributed by atoms with Gasteiger partial charge in [0.15, 0.2) is 0 Å². The standard InChI is InChI=1S/C18H14ClN/c19-17-8-4-5-9-18(17)20-16-12-10-15(11-13-16)14-6-2-1-3-7-14/h1-13,20H. The molecule has 0 radical (unpaired) electrons. The lowest BCUT2D eigenvalue weighted by Crippen LogP contribution is -1.90. The number of rotatable bonds is 3. The average molecular weight is 280 g/mol. The van der Waals surface area contributed by atoms with Crippen molar-refractivity contribution in [2.45, 2.75) is 0 Å². The monoisotopic (exact) mass is 279 g/mol. The van der Waals surface area contributed by atoms with E-state index >= 15 is 0 Å². The van der Waals surface area contributed by atoms with Crippen LogP contribution in [0, 0.1) is 0 Å². The van der Waals surface area contributed by atoms with Gasteiger partial charge in [0.1, 0.15) is 0 Å². The molecule has 0 saturated heterocycles. The van der Waals surface area contributed by atoms with Crippen LogP contribution in [0.15, 0.2) is 78.9 Å². The lowest BCUT2D eigenvalue weighted by molar-refractivity contribution is 1.54. The van der Waals surface area contributed by atoms with E-state index in [4.69, 9.17) is 11.6 Å². The predicted octanol–water partition coefficient (Wildman–Crippen LogP) is 5.75. The quantitative estimate of drug-likeness (QED) is 0.643. The predicted molar refractivity (Wildman–Crippen MR) is 86.6 cm³/mol. The van der Waals surface area contributed by atoms with E-state index in [9.17, 15) is 0 Å². The molecule has 0 saturated carbocycles. The molecule has 20 heavy (non-hydrogen) atoms. The molecule has 1 nitrogen and oxygen atoms in total. The van der Waals surface area contributed by atoms with Crippen LogP contribution in [-0.4, -0.2) is 0 Å². The average Bonchev–Trinajstić information content (AvgIpc) is 2.51. The first-order chi connectivity index (χ1) is 9.83. The maximum Gasteiger partial charge on any atom is 0.0640 e. The fourth-order valence-corrected chi connectivity index (χ4v) is 2.28. The lowest BCUT2D eigenvalue weighted by atomic mass is 10.1. The van der Waals surface area contributed by atoms with Gasteiger partial charge in [0.25, 0.3) is 0 Å². The second kappa shape index (κ2) is 5.81. The Labute approximate surface area is 123 Å². The van der Waals surface area contributed by atoms with E-state index < -0.39 is 0 Å². The molecular formula is C18H14ClN. The first-order valence-corrected chi connectivity index (χ1v) is 6.88. The molecule has 0 unspecified atom stereocenters. The third-order valence-corrected chi connectivity index (χ3v) is 3.47. The van der Waals surface area contributed by atoms with E-state index in [2.05, 4.69) is 41.7 Å². The molecule has 1 N–H and O–H groups in total. The molecule has 0 fully saturated rings. The fourth-order valence-electron chi connectivity index (χ4n) is 2.09. The van der Waals surface area contributed by atoms with Crippen molar-refractivity contribution in [1.82, 2.24) is 0 Å². The Morgan fingerprint density at radius 2 is 1.20 bits per heavy atom. The van der Waals surface area contributed by atoms with Gasteiger partial charge in [-0.3, -0.25) is 0 Å². The number of para-hydroxylation sites is 1. The molecule has 0 spiro atoms. The molecule has 3 aromatic carbocycles. The molecule has 0 heterocycles. The summed E-state index contributed by atoms with van der Waals surface area (Å²) in [7, 11) is 0. The highest BCUT2D eigenvalue weighted by Gasteiger charge is 2.00. The zero-order valence-corrected chi connectivity index (χ0v) is 11.6. The maximum absolute atomic E-state index is 6.14. The minimum atomic E-state index is 0.722. The third-order valence-electron chi connectivity index (χ3n) is 3.14. The Balaban J connectivity index is 1.82. The summed E-state index contributed by atoms with van der Waals surface area (Å²) in [4.78, 5) is 0. The van der Waals surface area contributed by atoms with E-state index in [1.165, 1.54) is 11.1 Å². The molecule has 0 aliphatic carbocycles. The second-order valence-electron chi connectivity index (χ2n) is 4.55. The van der Waals surface area contributed by atoms with Crippen molar-refractivity contribution in [2.75, 3.05) is 5.32 Å². The van der Waals surface area contributed by atoms with Gasteiger partial charge in [-0.2, -0.15) is 0 Å². The summed E-state index contributed by atoms with van der Waals surface area (Å²) in [5.41, 5.74) is 4.37. The van der Waals surface area contributed by atoms with Crippen LogP contribution in [0.2, 0.25) is 5.02 Å². The largest absolute Gasteiger partial charge is 0.354 e. The summed E-state index contributed by atoms with van der Waals surface area (Å²) in [6, 6.07) is 26.4. The first-order valence-electron chi connectivity index (χ1n) is 6.50. The van der Waals surface area contributed by atoms with Gasteiger partial charge in [-0.15, -0.1) is 0 Å². The van der Waals surface area contributed by atoms with Crippen LogP contribution in [0.4, 0.5) is 11.4 Å². The molecule has 98 valence electrons. The van der Waals surface area contributed by atoms with Crippen molar-refractivity contribution >= 4 is 23.0 Å². The Kier molecular flexibility index (Phi) is 3.71. The second-order valence-corrected chi connectivity index (χ2v) is 4.96. The van der Waals surface area contributed by atoms with Gasteiger partial charge in [0, 0.05) is 5.69 Å². The van der Waals surface area contributed by atoms with Crippen molar-refractivity contribution in [1.29, 1.82) is 0 Å². The van der Waals surface area contributed by atoms with Gasteiger partial charge < -0.3 is 5.32 Å². The smallest absolute Gasteiger partial charge is 0.0640 e. The summed E-state index contributed by atoms with van der Waals surface area (Å²) < 4.78 is 0. The summed E-state index contributed by atoms with van der Waals surface area (Å²) in [6.07, 6.45) is 0. The highest BCUT2D eigenvalue weighted by molar-refractivity contribution is 6.33. The number of halogens is 1. The van der Waals surface area contributed by atoms with Crippen molar-refractivity contribution < 1.29 is 0 Å². The van der Waals surface area contributed by atoms with Gasteiger partial charge >= 0.3 is 0 Å². The molecule has 0 aliphatic heterocycles. The molecule has 3 rings (SSSR count). The van der Waals surface area contributed by atoms with Gasteiger partial charge in [-0.25, -0.2) is 0 Å². The van der Waals surface area contributed by atoms with Gasteiger partial charge in [-0.05, 0) is 35.4 Å². The van der Waals surface area contributed by atoms with Crippen LogP contribution < -0.4 is 5.32 Å². The summed E-state index contributed by atoms with van der Waals surface area (Å²) >= 11 is 6.14. The Hall–Kier alpha value is -2.25. The zero-order valence-electron chi connectivity index (χ0n) is 10.9. The topological polar surface area (TPSA) is 12.0 Å². The lowest BCUT2D eigenvalue weighted by Gasteiger charge is -2.09. The third kappa shape index (κ3) is 2.84. The number of anilines is 2. The van der Waals surface area contributed by atoms with Crippen molar-refractivity contribution in [3.05, 3.63) is 83.9 Å². The van der Waals surface area contributed by atoms with Crippen LogP contribution in [-0.2, 0) is 0 Å². The van der Waals surface area contributed by atoms with Crippen LogP contribution in [0.25, 0.3) is 11.1 Å². The maximum atomic E-state index is 6.14. The number of hydrogen-bond acceptors (Lipinski definition) is 1. The number of hydrogen-bond donors (Lipinski definition) is 1. The van der Waals surface area contributed by atoms with Crippen LogP contribution >= 0.6 is 11.6 Å². The molecule has 0 aromatic heterocycles. The highest BCUT2D eigenvalue weighted by Crippen LogP contribution is 2.26. The Morgan fingerprint density at radius 3 is 1.90 bits per heavy atom. The summed E-state index contributed by atoms with van der Waals surface area (Å²) in [5, 5.41) is 4.04. The van der Waals surface area contributed by atoms with Crippen molar-refractivity contribution in [2.24, 2.45) is 0 Å². The van der Waals surface area contributed by atoms with E-state index in [1.807, 2.05) is 42.5 Å². The van der Waals surface area contributed by atoms with Crippen molar-refractivity contribution in [3.8, 4) is 11.1 Å². The first kappa shape index (κ1) is 12.8. The molecule has 0 amide bonds. The van der Waals surface area contributed by atoms with Crippen LogP contribution in [0.1, 0.15) is 0 Å². The molecule has 0 aliphatic rings. The summed E-state index contributed by atoms with van der Waals surface area (Å²) in [5.74, 6) is 0. The molecular weight excluding hydrogens is 266 g/mol. The number of benzene rings is 3. The molecule has 3 aromatic rings. The van der Waals surface area contributed by atoms with Crippen molar-refractivity contribution in [3.63, 3.8) is 0 Å². The fraction of sp³-hybridized carbons (Fsp3) is 0. The minimum Gasteiger partial charge on any atom is -0.354 e. The van der Waals surface area contributed by atoms with Crippen LogP contribution in [0.3, 0.4) is 0 Å². The molecule has 2 heteroatoms. The zero-order chi connectivity index (χ0) is 13.8. The van der Waals surface area contributed by atoms with E-state index in [1.54, 1.807) is 0 Å².